The molecule has 3 aliphatic rings. The third-order valence-electron chi connectivity index (χ3n) is 5.99. The van der Waals surface area contributed by atoms with Gasteiger partial charge in [-0.25, -0.2) is 0 Å². The van der Waals surface area contributed by atoms with E-state index < -0.39 is 5.60 Å². The molecule has 28 heavy (non-hydrogen) atoms. The summed E-state index contributed by atoms with van der Waals surface area (Å²) in [5, 5.41) is 7.45. The van der Waals surface area contributed by atoms with Gasteiger partial charge in [-0.2, -0.15) is 0 Å². The molecule has 2 heterocycles. The van der Waals surface area contributed by atoms with E-state index in [9.17, 15) is 9.59 Å². The topological polar surface area (TPSA) is 71.0 Å². The van der Waals surface area contributed by atoms with Crippen molar-refractivity contribution in [3.8, 4) is 0 Å². The average molecular weight is 404 g/mol. The van der Waals surface area contributed by atoms with Gasteiger partial charge in [-0.3, -0.25) is 9.59 Å². The normalized spacial score (nSPS) is 25.3. The Morgan fingerprint density at radius 1 is 1.21 bits per heavy atom. The molecule has 1 aromatic rings. The standard InChI is InChI=1S/C21H26ClN3O3/c22-16-8-4-9-17(12-16)23-19(26)18-13-21(28-24-18)10-5-11-25(14-21)20(27)15-6-2-1-3-7-15/h4,8-9,12,15H,1-3,5-7,10-11,13-14H2,(H,23,26)/t21-/m0/s1. The summed E-state index contributed by atoms with van der Waals surface area (Å²) in [6.45, 7) is 1.28. The van der Waals surface area contributed by atoms with E-state index in [4.69, 9.17) is 16.4 Å². The predicted molar refractivity (Wildman–Crippen MR) is 108 cm³/mol. The van der Waals surface area contributed by atoms with E-state index in [2.05, 4.69) is 10.5 Å². The molecule has 1 aromatic carbocycles. The summed E-state index contributed by atoms with van der Waals surface area (Å²) < 4.78 is 0. The van der Waals surface area contributed by atoms with Crippen LogP contribution in [-0.2, 0) is 14.4 Å². The van der Waals surface area contributed by atoms with E-state index in [1.54, 1.807) is 24.3 Å². The Balaban J connectivity index is 1.37. The van der Waals surface area contributed by atoms with Crippen LogP contribution in [0.3, 0.4) is 0 Å². The van der Waals surface area contributed by atoms with Crippen LogP contribution in [0.5, 0.6) is 0 Å². The van der Waals surface area contributed by atoms with Crippen LogP contribution in [-0.4, -0.2) is 41.1 Å². The fraction of sp³-hybridized carbons (Fsp3) is 0.571. The highest BCUT2D eigenvalue weighted by Gasteiger charge is 2.46. The van der Waals surface area contributed by atoms with Crippen LogP contribution in [0.4, 0.5) is 5.69 Å². The Bertz CT molecular complexity index is 791. The van der Waals surface area contributed by atoms with E-state index in [1.165, 1.54) is 6.42 Å². The number of carbonyl (C=O) groups is 2. The van der Waals surface area contributed by atoms with Gasteiger partial charge in [0, 0.05) is 29.6 Å². The van der Waals surface area contributed by atoms with E-state index in [0.717, 1.165) is 45.1 Å². The number of nitrogens with zero attached hydrogens (tertiary/aromatic N) is 2. The summed E-state index contributed by atoms with van der Waals surface area (Å²) >= 11 is 5.97. The third-order valence-corrected chi connectivity index (χ3v) is 6.22. The number of rotatable bonds is 3. The van der Waals surface area contributed by atoms with Crippen LogP contribution in [0.25, 0.3) is 0 Å². The number of halogens is 1. The molecule has 1 N–H and O–H groups in total. The van der Waals surface area contributed by atoms with Crippen molar-refractivity contribution < 1.29 is 14.4 Å². The lowest BCUT2D eigenvalue weighted by Gasteiger charge is -2.40. The van der Waals surface area contributed by atoms with E-state index in [0.29, 0.717) is 29.4 Å². The van der Waals surface area contributed by atoms with Gasteiger partial charge < -0.3 is 15.1 Å². The number of hydrogen-bond acceptors (Lipinski definition) is 4. The van der Waals surface area contributed by atoms with Gasteiger partial charge in [-0.15, -0.1) is 0 Å². The molecule has 2 amide bonds. The summed E-state index contributed by atoms with van der Waals surface area (Å²) in [7, 11) is 0. The molecule has 7 heteroatoms. The van der Waals surface area contributed by atoms with E-state index in [-0.39, 0.29) is 17.7 Å². The molecule has 1 saturated heterocycles. The molecule has 1 atom stereocenters. The molecule has 0 aromatic heterocycles. The largest absolute Gasteiger partial charge is 0.386 e. The average Bonchev–Trinajstić information content (AvgIpc) is 3.11. The van der Waals surface area contributed by atoms with Gasteiger partial charge in [0.15, 0.2) is 5.60 Å². The molecule has 1 saturated carbocycles. The van der Waals surface area contributed by atoms with Crippen molar-refractivity contribution in [1.82, 2.24) is 4.90 Å². The number of hydrogen-bond donors (Lipinski definition) is 1. The van der Waals surface area contributed by atoms with Crippen molar-refractivity contribution in [3.63, 3.8) is 0 Å². The van der Waals surface area contributed by atoms with E-state index >= 15 is 0 Å². The van der Waals surface area contributed by atoms with Crippen molar-refractivity contribution in [2.75, 3.05) is 18.4 Å². The lowest BCUT2D eigenvalue weighted by Crippen LogP contribution is -2.52. The van der Waals surface area contributed by atoms with Crippen LogP contribution in [0.15, 0.2) is 29.4 Å². The first-order chi connectivity index (χ1) is 13.5. The Morgan fingerprint density at radius 2 is 2.04 bits per heavy atom. The number of likely N-dealkylation sites (tertiary alicyclic amines) is 1. The van der Waals surface area contributed by atoms with Crippen LogP contribution in [0.1, 0.15) is 51.4 Å². The summed E-state index contributed by atoms with van der Waals surface area (Å²) in [6, 6.07) is 7.00. The first-order valence-electron chi connectivity index (χ1n) is 10.2. The van der Waals surface area contributed by atoms with Crippen LogP contribution in [0.2, 0.25) is 5.02 Å². The maximum absolute atomic E-state index is 12.9. The van der Waals surface area contributed by atoms with Gasteiger partial charge in [0.1, 0.15) is 5.71 Å². The van der Waals surface area contributed by atoms with Crippen molar-refractivity contribution >= 4 is 34.8 Å². The second kappa shape index (κ2) is 8.11. The van der Waals surface area contributed by atoms with E-state index in [1.807, 2.05) is 4.90 Å². The Hall–Kier alpha value is -2.08. The molecular formula is C21H26ClN3O3. The number of benzene rings is 1. The monoisotopic (exact) mass is 403 g/mol. The highest BCUT2D eigenvalue weighted by Crippen LogP contribution is 2.35. The number of piperidine rings is 1. The molecule has 2 aliphatic heterocycles. The fourth-order valence-corrected chi connectivity index (χ4v) is 4.72. The summed E-state index contributed by atoms with van der Waals surface area (Å²) in [4.78, 5) is 33.2. The van der Waals surface area contributed by atoms with Crippen molar-refractivity contribution in [2.45, 2.75) is 57.0 Å². The third kappa shape index (κ3) is 4.17. The zero-order chi connectivity index (χ0) is 19.6. The first-order valence-corrected chi connectivity index (χ1v) is 10.5. The maximum atomic E-state index is 12.9. The van der Waals surface area contributed by atoms with Crippen LogP contribution >= 0.6 is 11.6 Å². The molecule has 6 nitrogen and oxygen atoms in total. The molecular weight excluding hydrogens is 378 g/mol. The Labute approximate surface area is 170 Å². The second-order valence-corrected chi connectivity index (χ2v) is 8.59. The summed E-state index contributed by atoms with van der Waals surface area (Å²) in [6.07, 6.45) is 7.60. The predicted octanol–water partition coefficient (Wildman–Crippen LogP) is 4.00. The van der Waals surface area contributed by atoms with Gasteiger partial charge in [-0.05, 0) is 43.9 Å². The number of carbonyl (C=O) groups excluding carboxylic acids is 2. The minimum Gasteiger partial charge on any atom is -0.386 e. The van der Waals surface area contributed by atoms with Crippen LogP contribution < -0.4 is 5.32 Å². The molecule has 4 rings (SSSR count). The summed E-state index contributed by atoms with van der Waals surface area (Å²) in [5.41, 5.74) is 0.426. The van der Waals surface area contributed by atoms with Gasteiger partial charge >= 0.3 is 0 Å². The highest BCUT2D eigenvalue weighted by molar-refractivity contribution is 6.43. The smallest absolute Gasteiger partial charge is 0.273 e. The minimum absolute atomic E-state index is 0.150. The van der Waals surface area contributed by atoms with Crippen LogP contribution in [0, 0.1) is 5.92 Å². The van der Waals surface area contributed by atoms with Crippen molar-refractivity contribution in [1.29, 1.82) is 0 Å². The van der Waals surface area contributed by atoms with Gasteiger partial charge in [-0.1, -0.05) is 42.1 Å². The number of nitrogens with one attached hydrogen (secondary N) is 1. The molecule has 0 unspecified atom stereocenters. The lowest BCUT2D eigenvalue weighted by molar-refractivity contribution is -0.145. The molecule has 1 spiro atoms. The van der Waals surface area contributed by atoms with Gasteiger partial charge in [0.2, 0.25) is 5.91 Å². The Kier molecular flexibility index (Phi) is 5.58. The minimum atomic E-state index is -0.566. The fourth-order valence-electron chi connectivity index (χ4n) is 4.53. The second-order valence-electron chi connectivity index (χ2n) is 8.15. The van der Waals surface area contributed by atoms with Gasteiger partial charge in [0.05, 0.1) is 6.54 Å². The highest BCUT2D eigenvalue weighted by atomic mass is 35.5. The zero-order valence-corrected chi connectivity index (χ0v) is 16.7. The van der Waals surface area contributed by atoms with Crippen molar-refractivity contribution in [2.24, 2.45) is 11.1 Å². The number of oxime groups is 1. The summed E-state index contributed by atoms with van der Waals surface area (Å²) in [5.74, 6) is 0.117. The number of amides is 2. The molecule has 0 bridgehead atoms. The maximum Gasteiger partial charge on any atom is 0.273 e. The lowest BCUT2D eigenvalue weighted by atomic mass is 9.85. The molecule has 1 aliphatic carbocycles. The number of anilines is 1. The molecule has 150 valence electrons. The quantitative estimate of drug-likeness (QED) is 0.829. The molecule has 2 fully saturated rings. The van der Waals surface area contributed by atoms with Crippen molar-refractivity contribution in [3.05, 3.63) is 29.3 Å². The molecule has 0 radical (unpaired) electrons. The first kappa shape index (κ1) is 19.2. The van der Waals surface area contributed by atoms with Gasteiger partial charge in [0.25, 0.3) is 5.91 Å². The zero-order valence-electron chi connectivity index (χ0n) is 16.0. The SMILES string of the molecule is O=C(Nc1cccc(Cl)c1)C1=NO[C@@]2(CCCN(C(=O)C3CCCCC3)C2)C1. The Morgan fingerprint density at radius 3 is 2.82 bits per heavy atom.